The Morgan fingerprint density at radius 2 is 2.16 bits per heavy atom. The molecule has 7 nitrogen and oxygen atoms in total. The maximum atomic E-state index is 11.6. The van der Waals surface area contributed by atoms with E-state index in [0.29, 0.717) is 21.7 Å². The quantitative estimate of drug-likeness (QED) is 0.800. The van der Waals surface area contributed by atoms with Crippen LogP contribution in [0.25, 0.3) is 11.0 Å². The molecule has 0 aliphatic carbocycles. The van der Waals surface area contributed by atoms with Crippen molar-refractivity contribution in [2.75, 3.05) is 11.9 Å². The van der Waals surface area contributed by atoms with Crippen LogP contribution in [0.1, 0.15) is 6.42 Å². The van der Waals surface area contributed by atoms with Gasteiger partial charge < -0.3 is 15.7 Å². The van der Waals surface area contributed by atoms with Crippen molar-refractivity contribution in [1.82, 2.24) is 14.1 Å². The normalized spacial score (nSPS) is 10.4. The Labute approximate surface area is 116 Å². The number of hydrogen-bond donors (Lipinski definition) is 3. The summed E-state index contributed by atoms with van der Waals surface area (Å²) in [6.07, 6.45) is -0.149. The summed E-state index contributed by atoms with van der Waals surface area (Å²) in [5.74, 6) is -0.982. The zero-order valence-corrected chi connectivity index (χ0v) is 11.1. The number of carboxylic acids is 1. The predicted octanol–water partition coefficient (Wildman–Crippen LogP) is 1.94. The van der Waals surface area contributed by atoms with E-state index in [1.54, 1.807) is 12.1 Å². The van der Waals surface area contributed by atoms with Gasteiger partial charge in [0.05, 0.1) is 28.9 Å². The van der Waals surface area contributed by atoms with Crippen LogP contribution < -0.4 is 10.6 Å². The van der Waals surface area contributed by atoms with Crippen LogP contribution in [0, 0.1) is 0 Å². The van der Waals surface area contributed by atoms with Crippen molar-refractivity contribution in [3.8, 4) is 0 Å². The lowest BCUT2D eigenvalue weighted by Crippen LogP contribution is -2.30. The number of carbonyl (C=O) groups excluding carboxylic acids is 1. The minimum atomic E-state index is -0.982. The molecule has 1 aromatic heterocycles. The summed E-state index contributed by atoms with van der Waals surface area (Å²) in [4.78, 5) is 21.9. The monoisotopic (exact) mass is 300 g/mol. The summed E-state index contributed by atoms with van der Waals surface area (Å²) in [6.45, 7) is 0.0318. The lowest BCUT2D eigenvalue weighted by molar-refractivity contribution is -0.136. The number of urea groups is 1. The first-order chi connectivity index (χ1) is 9.08. The van der Waals surface area contributed by atoms with Gasteiger partial charge in [-0.1, -0.05) is 11.6 Å². The topological polar surface area (TPSA) is 104 Å². The number of carbonyl (C=O) groups is 2. The van der Waals surface area contributed by atoms with Gasteiger partial charge in [-0.3, -0.25) is 4.79 Å². The molecule has 2 rings (SSSR count). The molecule has 19 heavy (non-hydrogen) atoms. The van der Waals surface area contributed by atoms with Crippen molar-refractivity contribution in [2.24, 2.45) is 0 Å². The van der Waals surface area contributed by atoms with Gasteiger partial charge in [0.15, 0.2) is 0 Å². The molecule has 0 radical (unpaired) electrons. The number of nitrogens with one attached hydrogen (secondary N) is 2. The number of anilines is 1. The molecule has 0 saturated carbocycles. The number of carboxylic acid groups (broad SMARTS) is 1. The van der Waals surface area contributed by atoms with E-state index in [-0.39, 0.29) is 13.0 Å². The third kappa shape index (κ3) is 3.30. The lowest BCUT2D eigenvalue weighted by Gasteiger charge is -2.08. The van der Waals surface area contributed by atoms with E-state index < -0.39 is 12.0 Å². The van der Waals surface area contributed by atoms with Gasteiger partial charge in [-0.05, 0) is 12.1 Å². The zero-order chi connectivity index (χ0) is 13.8. The second-order valence-corrected chi connectivity index (χ2v) is 4.51. The summed E-state index contributed by atoms with van der Waals surface area (Å²) in [7, 11) is 0. The highest BCUT2D eigenvalue weighted by molar-refractivity contribution is 7.00. The molecular formula is C10H9ClN4O3S. The summed E-state index contributed by atoms with van der Waals surface area (Å²) in [5.41, 5.74) is 1.50. The van der Waals surface area contributed by atoms with Gasteiger partial charge in [-0.15, -0.1) is 0 Å². The Morgan fingerprint density at radius 3 is 2.89 bits per heavy atom. The number of fused-ring (bicyclic) bond motifs is 1. The first-order valence-corrected chi connectivity index (χ1v) is 6.36. The minimum Gasteiger partial charge on any atom is -0.481 e. The second-order valence-electron chi connectivity index (χ2n) is 3.58. The minimum absolute atomic E-state index is 0.0318. The van der Waals surface area contributed by atoms with Crippen molar-refractivity contribution < 1.29 is 14.7 Å². The van der Waals surface area contributed by atoms with Crippen LogP contribution in [0.3, 0.4) is 0 Å². The van der Waals surface area contributed by atoms with Crippen molar-refractivity contribution in [3.63, 3.8) is 0 Å². The molecule has 9 heteroatoms. The number of aliphatic carboxylic acids is 1. The fourth-order valence-corrected chi connectivity index (χ4v) is 2.13. The van der Waals surface area contributed by atoms with Gasteiger partial charge in [-0.25, -0.2) is 4.79 Å². The average Bonchev–Trinajstić information content (AvgIpc) is 2.81. The van der Waals surface area contributed by atoms with Crippen LogP contribution in [0.4, 0.5) is 10.5 Å². The molecule has 3 N–H and O–H groups in total. The van der Waals surface area contributed by atoms with Gasteiger partial charge in [0.25, 0.3) is 0 Å². The smallest absolute Gasteiger partial charge is 0.319 e. The molecule has 100 valence electrons. The fraction of sp³-hybridized carbons (Fsp3) is 0.200. The van der Waals surface area contributed by atoms with Crippen molar-refractivity contribution in [2.45, 2.75) is 6.42 Å². The molecule has 0 atom stereocenters. The lowest BCUT2D eigenvalue weighted by atomic mass is 10.2. The molecule has 0 aliphatic rings. The van der Waals surface area contributed by atoms with Gasteiger partial charge >= 0.3 is 12.0 Å². The van der Waals surface area contributed by atoms with Crippen LogP contribution in [0.2, 0.25) is 5.02 Å². The summed E-state index contributed by atoms with van der Waals surface area (Å²) >= 11 is 7.01. The van der Waals surface area contributed by atoms with Crippen LogP contribution in [-0.2, 0) is 4.79 Å². The van der Waals surface area contributed by atoms with E-state index in [4.69, 9.17) is 16.7 Å². The van der Waals surface area contributed by atoms with Gasteiger partial charge in [0, 0.05) is 6.54 Å². The Bertz CT molecular complexity index is 630. The molecule has 1 heterocycles. The average molecular weight is 301 g/mol. The van der Waals surface area contributed by atoms with E-state index in [0.717, 1.165) is 11.7 Å². The fourth-order valence-electron chi connectivity index (χ4n) is 1.39. The van der Waals surface area contributed by atoms with Crippen molar-refractivity contribution in [1.29, 1.82) is 0 Å². The van der Waals surface area contributed by atoms with Gasteiger partial charge in [0.1, 0.15) is 11.0 Å². The Balaban J connectivity index is 2.08. The van der Waals surface area contributed by atoms with Gasteiger partial charge in [0.2, 0.25) is 0 Å². The van der Waals surface area contributed by atoms with E-state index >= 15 is 0 Å². The molecule has 0 saturated heterocycles. The van der Waals surface area contributed by atoms with E-state index in [1.165, 1.54) is 0 Å². The van der Waals surface area contributed by atoms with Crippen molar-refractivity contribution in [3.05, 3.63) is 17.2 Å². The summed E-state index contributed by atoms with van der Waals surface area (Å²) < 4.78 is 8.09. The number of amides is 2. The molecular weight excluding hydrogens is 292 g/mol. The third-order valence-corrected chi connectivity index (χ3v) is 3.10. The molecule has 2 aromatic rings. The summed E-state index contributed by atoms with van der Waals surface area (Å²) in [6, 6.07) is 2.77. The van der Waals surface area contributed by atoms with E-state index in [9.17, 15) is 9.59 Å². The first kappa shape index (κ1) is 13.5. The number of aromatic nitrogens is 2. The SMILES string of the molecule is O=C(O)CCNC(=O)Nc1c(Cl)ccc2nsnc12. The van der Waals surface area contributed by atoms with Crippen LogP contribution in [-0.4, -0.2) is 32.4 Å². The number of halogens is 1. The maximum absolute atomic E-state index is 11.6. The highest BCUT2D eigenvalue weighted by Crippen LogP contribution is 2.29. The molecule has 0 unspecified atom stereocenters. The molecule has 0 bridgehead atoms. The number of nitrogens with zero attached hydrogens (tertiary/aromatic N) is 2. The standard InChI is InChI=1S/C10H9ClN4O3S/c11-5-1-2-6-9(15-19-14-6)8(5)13-10(18)12-4-3-7(16)17/h1-2H,3-4H2,(H,16,17)(H2,12,13,18). The largest absolute Gasteiger partial charge is 0.481 e. The van der Waals surface area contributed by atoms with E-state index in [2.05, 4.69) is 19.4 Å². The zero-order valence-electron chi connectivity index (χ0n) is 9.51. The van der Waals surface area contributed by atoms with Gasteiger partial charge in [-0.2, -0.15) is 8.75 Å². The third-order valence-electron chi connectivity index (χ3n) is 2.24. The summed E-state index contributed by atoms with van der Waals surface area (Å²) in [5, 5.41) is 13.8. The number of hydrogen-bond acceptors (Lipinski definition) is 5. The Hall–Kier alpha value is -1.93. The van der Waals surface area contributed by atoms with Crippen LogP contribution >= 0.6 is 23.3 Å². The Kier molecular flexibility index (Phi) is 4.13. The first-order valence-electron chi connectivity index (χ1n) is 5.25. The predicted molar refractivity (Wildman–Crippen MR) is 71.7 cm³/mol. The maximum Gasteiger partial charge on any atom is 0.319 e. The number of benzene rings is 1. The molecule has 0 fully saturated rings. The second kappa shape index (κ2) is 5.81. The van der Waals surface area contributed by atoms with Crippen LogP contribution in [0.5, 0.6) is 0 Å². The van der Waals surface area contributed by atoms with Crippen LogP contribution in [0.15, 0.2) is 12.1 Å². The van der Waals surface area contributed by atoms with E-state index in [1.807, 2.05) is 0 Å². The van der Waals surface area contributed by atoms with Crippen molar-refractivity contribution >= 4 is 52.1 Å². The molecule has 2 amide bonds. The number of rotatable bonds is 4. The highest BCUT2D eigenvalue weighted by Gasteiger charge is 2.12. The molecule has 0 spiro atoms. The Morgan fingerprint density at radius 1 is 1.37 bits per heavy atom. The molecule has 0 aliphatic heterocycles. The highest BCUT2D eigenvalue weighted by atomic mass is 35.5. The molecule has 1 aromatic carbocycles.